The van der Waals surface area contributed by atoms with E-state index < -0.39 is 8.32 Å². The second-order valence-corrected chi connectivity index (χ2v) is 9.59. The Kier molecular flexibility index (Phi) is 6.64. The van der Waals surface area contributed by atoms with Crippen LogP contribution in [-0.4, -0.2) is 8.32 Å². The standard InChI is InChI=1S/C17H26OSi/c1-5-12-17(16-13-10-9-11-14-16)15-18-19(6-2,7-3)8-4/h5,9-11,13-15H,1,6-8,12H2,2-4H3/b17-15+. The van der Waals surface area contributed by atoms with E-state index in [1.54, 1.807) is 0 Å². The molecule has 0 atom stereocenters. The van der Waals surface area contributed by atoms with E-state index in [0.717, 1.165) is 6.42 Å². The van der Waals surface area contributed by atoms with Crippen molar-refractivity contribution in [2.24, 2.45) is 0 Å². The first-order valence-electron chi connectivity index (χ1n) is 7.24. The predicted octanol–water partition coefficient (Wildman–Crippen LogP) is 5.63. The van der Waals surface area contributed by atoms with E-state index >= 15 is 0 Å². The second-order valence-electron chi connectivity index (χ2n) is 4.86. The molecule has 104 valence electrons. The minimum atomic E-state index is -1.55. The van der Waals surface area contributed by atoms with E-state index in [9.17, 15) is 0 Å². The fraction of sp³-hybridized carbons (Fsp3) is 0.412. The van der Waals surface area contributed by atoms with Crippen LogP contribution in [0.25, 0.3) is 5.57 Å². The first kappa shape index (κ1) is 15.8. The van der Waals surface area contributed by atoms with Crippen molar-refractivity contribution in [2.45, 2.75) is 45.3 Å². The topological polar surface area (TPSA) is 9.23 Å². The van der Waals surface area contributed by atoms with Crippen LogP contribution in [0, 0.1) is 0 Å². The van der Waals surface area contributed by atoms with Gasteiger partial charge in [-0.05, 0) is 35.7 Å². The van der Waals surface area contributed by atoms with Crippen molar-refractivity contribution in [1.29, 1.82) is 0 Å². The minimum absolute atomic E-state index is 0.853. The van der Waals surface area contributed by atoms with Gasteiger partial charge in [-0.2, -0.15) is 0 Å². The lowest BCUT2D eigenvalue weighted by molar-refractivity contribution is 0.459. The first-order chi connectivity index (χ1) is 9.21. The Hall–Kier alpha value is -1.28. The Labute approximate surface area is 119 Å². The van der Waals surface area contributed by atoms with Gasteiger partial charge in [0.15, 0.2) is 0 Å². The molecule has 1 aromatic rings. The smallest absolute Gasteiger partial charge is 0.249 e. The summed E-state index contributed by atoms with van der Waals surface area (Å²) >= 11 is 0. The third-order valence-corrected chi connectivity index (χ3v) is 8.38. The summed E-state index contributed by atoms with van der Waals surface area (Å²) in [5.74, 6) is 0. The zero-order valence-electron chi connectivity index (χ0n) is 12.5. The maximum absolute atomic E-state index is 6.28. The fourth-order valence-electron chi connectivity index (χ4n) is 2.24. The highest BCUT2D eigenvalue weighted by Gasteiger charge is 2.29. The van der Waals surface area contributed by atoms with Crippen molar-refractivity contribution in [3.05, 3.63) is 54.8 Å². The third kappa shape index (κ3) is 4.39. The SMILES string of the molecule is C=CC/C(=C\O[Si](CC)(CC)CC)c1ccccc1. The van der Waals surface area contributed by atoms with E-state index in [4.69, 9.17) is 4.43 Å². The van der Waals surface area contributed by atoms with E-state index in [1.807, 2.05) is 18.4 Å². The molecule has 0 radical (unpaired) electrons. The number of allylic oxidation sites excluding steroid dienone is 2. The molecule has 1 rings (SSSR count). The molecular weight excluding hydrogens is 248 g/mol. The Morgan fingerprint density at radius 3 is 2.16 bits per heavy atom. The molecule has 1 nitrogen and oxygen atoms in total. The van der Waals surface area contributed by atoms with Gasteiger partial charge in [0.1, 0.15) is 0 Å². The second kappa shape index (κ2) is 8.00. The molecule has 0 saturated carbocycles. The van der Waals surface area contributed by atoms with Crippen LogP contribution in [0.3, 0.4) is 0 Å². The number of hydrogen-bond acceptors (Lipinski definition) is 1. The molecule has 0 fully saturated rings. The molecule has 0 bridgehead atoms. The lowest BCUT2D eigenvalue weighted by Gasteiger charge is -2.27. The predicted molar refractivity (Wildman–Crippen MR) is 87.5 cm³/mol. The van der Waals surface area contributed by atoms with Gasteiger partial charge in [0.2, 0.25) is 8.32 Å². The van der Waals surface area contributed by atoms with Gasteiger partial charge in [0.25, 0.3) is 0 Å². The molecule has 0 aromatic heterocycles. The van der Waals surface area contributed by atoms with E-state index in [-0.39, 0.29) is 0 Å². The van der Waals surface area contributed by atoms with Crippen LogP contribution in [0.5, 0.6) is 0 Å². The fourth-order valence-corrected chi connectivity index (χ4v) is 4.63. The molecule has 0 N–H and O–H groups in total. The van der Waals surface area contributed by atoms with Gasteiger partial charge in [-0.25, -0.2) is 0 Å². The molecule has 0 unspecified atom stereocenters. The van der Waals surface area contributed by atoms with E-state index in [0.29, 0.717) is 0 Å². The van der Waals surface area contributed by atoms with Crippen LogP contribution in [0.1, 0.15) is 32.8 Å². The summed E-state index contributed by atoms with van der Waals surface area (Å²) in [6, 6.07) is 14.0. The van der Waals surface area contributed by atoms with Crippen LogP contribution in [-0.2, 0) is 4.43 Å². The van der Waals surface area contributed by atoms with Gasteiger partial charge in [-0.3, -0.25) is 0 Å². The summed E-state index contributed by atoms with van der Waals surface area (Å²) in [4.78, 5) is 0. The number of rotatable bonds is 8. The molecule has 0 saturated heterocycles. The quantitative estimate of drug-likeness (QED) is 0.339. The van der Waals surface area contributed by atoms with E-state index in [1.165, 1.54) is 29.3 Å². The van der Waals surface area contributed by atoms with Gasteiger partial charge in [-0.15, -0.1) is 6.58 Å². The summed E-state index contributed by atoms with van der Waals surface area (Å²) in [5, 5.41) is 0. The molecule has 19 heavy (non-hydrogen) atoms. The molecule has 0 heterocycles. The molecule has 1 aromatic carbocycles. The maximum Gasteiger partial charge on any atom is 0.249 e. The molecule has 0 aliphatic heterocycles. The van der Waals surface area contributed by atoms with Crippen LogP contribution in [0.2, 0.25) is 18.1 Å². The third-order valence-electron chi connectivity index (χ3n) is 3.89. The van der Waals surface area contributed by atoms with Crippen LogP contribution < -0.4 is 0 Å². The van der Waals surface area contributed by atoms with Crippen molar-refractivity contribution >= 4 is 13.9 Å². The van der Waals surface area contributed by atoms with Crippen molar-refractivity contribution < 1.29 is 4.43 Å². The Morgan fingerprint density at radius 2 is 1.68 bits per heavy atom. The Balaban J connectivity index is 2.93. The summed E-state index contributed by atoms with van der Waals surface area (Å²) in [6.45, 7) is 10.6. The van der Waals surface area contributed by atoms with Gasteiger partial charge in [0, 0.05) is 0 Å². The van der Waals surface area contributed by atoms with Crippen molar-refractivity contribution in [2.75, 3.05) is 0 Å². The largest absolute Gasteiger partial charge is 0.549 e. The Morgan fingerprint density at radius 1 is 1.11 bits per heavy atom. The van der Waals surface area contributed by atoms with Gasteiger partial charge in [0.05, 0.1) is 6.26 Å². The highest BCUT2D eigenvalue weighted by Crippen LogP contribution is 2.25. The van der Waals surface area contributed by atoms with Crippen LogP contribution >= 0.6 is 0 Å². The Bertz CT molecular complexity index is 396. The highest BCUT2D eigenvalue weighted by molar-refractivity contribution is 6.73. The van der Waals surface area contributed by atoms with Gasteiger partial charge < -0.3 is 4.43 Å². The minimum Gasteiger partial charge on any atom is -0.549 e. The zero-order chi connectivity index (χ0) is 14.1. The van der Waals surface area contributed by atoms with Gasteiger partial charge in [-0.1, -0.05) is 57.2 Å². The molecular formula is C17H26OSi. The van der Waals surface area contributed by atoms with Crippen molar-refractivity contribution in [1.82, 2.24) is 0 Å². The highest BCUT2D eigenvalue weighted by atomic mass is 28.4. The monoisotopic (exact) mass is 274 g/mol. The molecule has 0 amide bonds. The number of benzene rings is 1. The summed E-state index contributed by atoms with van der Waals surface area (Å²) in [6.07, 6.45) is 4.79. The lowest BCUT2D eigenvalue weighted by Crippen LogP contribution is -2.33. The molecule has 0 aliphatic carbocycles. The molecule has 0 spiro atoms. The van der Waals surface area contributed by atoms with Crippen molar-refractivity contribution in [3.8, 4) is 0 Å². The first-order valence-corrected chi connectivity index (χ1v) is 9.77. The summed E-state index contributed by atoms with van der Waals surface area (Å²) < 4.78 is 6.28. The average molecular weight is 274 g/mol. The van der Waals surface area contributed by atoms with E-state index in [2.05, 4.69) is 51.6 Å². The van der Waals surface area contributed by atoms with Gasteiger partial charge >= 0.3 is 0 Å². The lowest BCUT2D eigenvalue weighted by atomic mass is 10.0. The zero-order valence-corrected chi connectivity index (χ0v) is 13.5. The number of hydrogen-bond donors (Lipinski definition) is 0. The van der Waals surface area contributed by atoms with Crippen molar-refractivity contribution in [3.63, 3.8) is 0 Å². The average Bonchev–Trinajstić information content (AvgIpc) is 2.49. The maximum atomic E-state index is 6.28. The summed E-state index contributed by atoms with van der Waals surface area (Å²) in [7, 11) is -1.55. The van der Waals surface area contributed by atoms with Crippen LogP contribution in [0.15, 0.2) is 49.2 Å². The summed E-state index contributed by atoms with van der Waals surface area (Å²) in [5.41, 5.74) is 2.46. The molecule has 0 aliphatic rings. The van der Waals surface area contributed by atoms with Crippen LogP contribution in [0.4, 0.5) is 0 Å². The normalized spacial score (nSPS) is 12.3. The molecule has 2 heteroatoms.